The number of aromatic nitrogens is 1. The Morgan fingerprint density at radius 3 is 2.65 bits per heavy atom. The molecule has 0 aliphatic heterocycles. The summed E-state index contributed by atoms with van der Waals surface area (Å²) in [6.45, 7) is 7.18. The smallest absolute Gasteiger partial charge is 0.389 e. The summed E-state index contributed by atoms with van der Waals surface area (Å²) >= 11 is 0. The number of allylic oxidation sites excluding steroid dienone is 1. The van der Waals surface area contributed by atoms with Crippen molar-refractivity contribution in [2.75, 3.05) is 0 Å². The van der Waals surface area contributed by atoms with Crippen LogP contribution in [-0.2, 0) is 16.8 Å². The first-order valence-corrected chi connectivity index (χ1v) is 7.27. The zero-order chi connectivity index (χ0) is 17.2. The molecule has 1 unspecified atom stereocenters. The van der Waals surface area contributed by atoms with Crippen LogP contribution >= 0.6 is 0 Å². The Hall–Kier alpha value is -2.76. The summed E-state index contributed by atoms with van der Waals surface area (Å²) in [5.41, 5.74) is 0.373. The van der Waals surface area contributed by atoms with Gasteiger partial charge in [0.05, 0.1) is 5.52 Å². The van der Waals surface area contributed by atoms with E-state index in [-0.39, 0.29) is 12.1 Å². The third-order valence-corrected chi connectivity index (χ3v) is 4.17. The van der Waals surface area contributed by atoms with E-state index in [4.69, 9.17) is 0 Å². The number of rotatable bonds is 6. The molecule has 1 heterocycles. The van der Waals surface area contributed by atoms with E-state index >= 15 is 0 Å². The number of hydrogen-bond acceptors (Lipinski definition) is 4. The Kier molecular flexibility index (Phi) is 4.45. The number of hydrogen-bond donors (Lipinski definition) is 1. The highest BCUT2D eigenvalue weighted by Crippen LogP contribution is 2.31. The fourth-order valence-corrected chi connectivity index (χ4v) is 2.76. The molecule has 0 radical (unpaired) electrons. The highest BCUT2D eigenvalue weighted by atomic mass is 16.6. The quantitative estimate of drug-likeness (QED) is 0.502. The average Bonchev–Trinajstić information content (AvgIpc) is 2.50. The lowest BCUT2D eigenvalue weighted by Crippen LogP contribution is -2.43. The van der Waals surface area contributed by atoms with Crippen molar-refractivity contribution in [1.82, 2.24) is 4.98 Å². The topological polar surface area (TPSA) is 93.3 Å². The number of carbonyl (C=O) groups is 1. The summed E-state index contributed by atoms with van der Waals surface area (Å²) in [5, 5.41) is 21.7. The van der Waals surface area contributed by atoms with Crippen molar-refractivity contribution >= 4 is 16.9 Å². The van der Waals surface area contributed by atoms with Gasteiger partial charge in [0, 0.05) is 16.7 Å². The standard InChI is InChI=1S/C17H18N2O4/c1-4-6-12-11(3)7-9-14-13(12)8-10-15(18-14)17(5-2,16(20)21)19(22)23/h4,7-10H,1,5-6H2,2-3H3,(H,20,21). The van der Waals surface area contributed by atoms with E-state index in [0.29, 0.717) is 11.9 Å². The van der Waals surface area contributed by atoms with Gasteiger partial charge in [-0.2, -0.15) is 0 Å². The fourth-order valence-electron chi connectivity index (χ4n) is 2.76. The van der Waals surface area contributed by atoms with Crippen molar-refractivity contribution in [1.29, 1.82) is 0 Å². The molecule has 0 amide bonds. The molecule has 1 aromatic heterocycles. The minimum absolute atomic E-state index is 0.0570. The summed E-state index contributed by atoms with van der Waals surface area (Å²) in [4.78, 5) is 26.5. The lowest BCUT2D eigenvalue weighted by atomic mass is 9.91. The molecule has 0 aliphatic carbocycles. The Bertz CT molecular complexity index is 785. The normalized spacial score (nSPS) is 13.5. The van der Waals surface area contributed by atoms with Crippen LogP contribution in [0.25, 0.3) is 10.9 Å². The van der Waals surface area contributed by atoms with Crippen LogP contribution in [0.15, 0.2) is 36.9 Å². The number of carboxylic acid groups (broad SMARTS) is 1. The zero-order valence-corrected chi connectivity index (χ0v) is 13.1. The molecule has 0 spiro atoms. The molecular weight excluding hydrogens is 296 g/mol. The van der Waals surface area contributed by atoms with Crippen LogP contribution in [0.3, 0.4) is 0 Å². The van der Waals surface area contributed by atoms with Gasteiger partial charge in [-0.15, -0.1) is 6.58 Å². The number of nitrogens with zero attached hydrogens (tertiary/aromatic N) is 2. The van der Waals surface area contributed by atoms with Gasteiger partial charge in [0.15, 0.2) is 0 Å². The van der Waals surface area contributed by atoms with Crippen LogP contribution in [0.1, 0.15) is 30.2 Å². The van der Waals surface area contributed by atoms with E-state index in [9.17, 15) is 20.0 Å². The molecule has 2 rings (SSSR count). The Morgan fingerprint density at radius 1 is 1.43 bits per heavy atom. The van der Waals surface area contributed by atoms with E-state index in [2.05, 4.69) is 11.6 Å². The van der Waals surface area contributed by atoms with E-state index in [1.54, 1.807) is 18.2 Å². The molecule has 0 saturated carbocycles. The summed E-state index contributed by atoms with van der Waals surface area (Å²) in [7, 11) is 0. The molecule has 6 nitrogen and oxygen atoms in total. The van der Waals surface area contributed by atoms with Gasteiger partial charge in [0.1, 0.15) is 5.69 Å². The summed E-state index contributed by atoms with van der Waals surface area (Å²) in [6, 6.07) is 6.77. The van der Waals surface area contributed by atoms with E-state index in [1.807, 2.05) is 13.0 Å². The van der Waals surface area contributed by atoms with E-state index in [0.717, 1.165) is 16.5 Å². The van der Waals surface area contributed by atoms with Crippen LogP contribution in [0.2, 0.25) is 0 Å². The van der Waals surface area contributed by atoms with Gasteiger partial charge in [-0.05, 0) is 36.6 Å². The number of benzene rings is 1. The van der Waals surface area contributed by atoms with Gasteiger partial charge in [-0.25, -0.2) is 9.78 Å². The molecule has 6 heteroatoms. The van der Waals surface area contributed by atoms with Crippen LogP contribution < -0.4 is 0 Å². The first kappa shape index (κ1) is 16.6. The van der Waals surface area contributed by atoms with Crippen molar-refractivity contribution in [3.63, 3.8) is 0 Å². The third kappa shape index (κ3) is 2.56. The molecule has 2 aromatic rings. The number of aryl methyl sites for hydroxylation is 1. The highest BCUT2D eigenvalue weighted by molar-refractivity contribution is 5.85. The molecule has 120 valence electrons. The maximum Gasteiger partial charge on any atom is 0.389 e. The van der Waals surface area contributed by atoms with Crippen molar-refractivity contribution in [3.8, 4) is 0 Å². The van der Waals surface area contributed by atoms with Crippen LogP contribution in [0.5, 0.6) is 0 Å². The summed E-state index contributed by atoms with van der Waals surface area (Å²) in [5.74, 6) is -1.50. The monoisotopic (exact) mass is 314 g/mol. The average molecular weight is 314 g/mol. The summed E-state index contributed by atoms with van der Waals surface area (Å²) in [6.07, 6.45) is 2.25. The molecule has 0 aliphatic rings. The second kappa shape index (κ2) is 6.16. The number of pyridine rings is 1. The predicted octanol–water partition coefficient (Wildman–Crippen LogP) is 3.24. The minimum atomic E-state index is -2.22. The number of aliphatic carboxylic acids is 1. The van der Waals surface area contributed by atoms with Crippen LogP contribution in [0.4, 0.5) is 0 Å². The Labute approximate surface area is 133 Å². The predicted molar refractivity (Wildman–Crippen MR) is 87.0 cm³/mol. The maximum absolute atomic E-state index is 11.6. The van der Waals surface area contributed by atoms with Gasteiger partial charge in [-0.1, -0.05) is 25.1 Å². The molecular formula is C17H18N2O4. The lowest BCUT2D eigenvalue weighted by molar-refractivity contribution is -0.565. The van der Waals surface area contributed by atoms with Crippen LogP contribution in [-0.4, -0.2) is 21.0 Å². The lowest BCUT2D eigenvalue weighted by Gasteiger charge is -2.19. The minimum Gasteiger partial charge on any atom is -0.476 e. The molecule has 0 fully saturated rings. The van der Waals surface area contributed by atoms with Gasteiger partial charge in [-0.3, -0.25) is 10.1 Å². The number of nitro groups is 1. The SMILES string of the molecule is C=CCc1c(C)ccc2nc(C(CC)(C(=O)O)[N+](=O)[O-])ccc12. The Morgan fingerprint density at radius 2 is 2.13 bits per heavy atom. The molecule has 1 N–H and O–H groups in total. The fraction of sp³-hybridized carbons (Fsp3) is 0.294. The number of carboxylic acids is 1. The highest BCUT2D eigenvalue weighted by Gasteiger charge is 2.53. The van der Waals surface area contributed by atoms with Crippen molar-refractivity contribution < 1.29 is 14.8 Å². The molecule has 1 aromatic carbocycles. The summed E-state index contributed by atoms with van der Waals surface area (Å²) < 4.78 is 0. The van der Waals surface area contributed by atoms with Crippen molar-refractivity contribution in [2.45, 2.75) is 32.2 Å². The third-order valence-electron chi connectivity index (χ3n) is 4.17. The second-order valence-electron chi connectivity index (χ2n) is 5.39. The van der Waals surface area contributed by atoms with Crippen molar-refractivity contribution in [2.24, 2.45) is 0 Å². The largest absolute Gasteiger partial charge is 0.476 e. The zero-order valence-electron chi connectivity index (χ0n) is 13.1. The van der Waals surface area contributed by atoms with Gasteiger partial charge in [0.2, 0.25) is 0 Å². The first-order valence-electron chi connectivity index (χ1n) is 7.27. The van der Waals surface area contributed by atoms with E-state index < -0.39 is 16.4 Å². The van der Waals surface area contributed by atoms with Gasteiger partial charge < -0.3 is 5.11 Å². The van der Waals surface area contributed by atoms with E-state index in [1.165, 1.54) is 13.0 Å². The number of fused-ring (bicyclic) bond motifs is 1. The first-order chi connectivity index (χ1) is 10.9. The second-order valence-corrected chi connectivity index (χ2v) is 5.39. The molecule has 1 atom stereocenters. The molecule has 0 bridgehead atoms. The Balaban J connectivity index is 2.74. The molecule has 0 saturated heterocycles. The van der Waals surface area contributed by atoms with Crippen molar-refractivity contribution in [3.05, 3.63) is 63.9 Å². The molecule has 23 heavy (non-hydrogen) atoms. The van der Waals surface area contributed by atoms with Gasteiger partial charge in [0.25, 0.3) is 0 Å². The van der Waals surface area contributed by atoms with Gasteiger partial charge >= 0.3 is 11.5 Å². The van der Waals surface area contributed by atoms with Crippen LogP contribution in [0, 0.1) is 17.0 Å². The maximum atomic E-state index is 11.6.